The Bertz CT molecular complexity index is 1090. The highest BCUT2D eigenvalue weighted by molar-refractivity contribution is 7.92. The number of sulfonamides is 1. The van der Waals surface area contributed by atoms with Gasteiger partial charge < -0.3 is 10.1 Å². The average molecular weight is 484 g/mol. The molecule has 0 unspecified atom stereocenters. The van der Waals surface area contributed by atoms with Gasteiger partial charge in [0, 0.05) is 23.2 Å². The number of unbranched alkanes of at least 4 members (excludes halogenated alkanes) is 2. The monoisotopic (exact) mass is 483 g/mol. The van der Waals surface area contributed by atoms with E-state index >= 15 is 0 Å². The number of nitrogens with one attached hydrogen (secondary N) is 1. The number of hydrogen-bond acceptors (Lipinski definition) is 6. The van der Waals surface area contributed by atoms with Crippen molar-refractivity contribution >= 4 is 38.9 Å². The maximum absolute atomic E-state index is 13.5. The summed E-state index contributed by atoms with van der Waals surface area (Å²) in [5.41, 5.74) is 0.0227. The number of hydrogen-bond donors (Lipinski definition) is 1. The highest BCUT2D eigenvalue weighted by Gasteiger charge is 2.31. The van der Waals surface area contributed by atoms with E-state index in [2.05, 4.69) is 5.32 Å². The van der Waals surface area contributed by atoms with Crippen molar-refractivity contribution in [1.29, 1.82) is 0 Å². The first-order valence-corrected chi connectivity index (χ1v) is 11.8. The molecule has 0 saturated carbocycles. The Hall–Kier alpha value is -2.85. The second-order valence-electron chi connectivity index (χ2n) is 7.09. The van der Waals surface area contributed by atoms with E-state index in [0.717, 1.165) is 29.6 Å². The number of benzene rings is 2. The number of nitrogens with zero attached hydrogens (tertiary/aromatic N) is 2. The molecule has 0 aliphatic heterocycles. The van der Waals surface area contributed by atoms with E-state index < -0.39 is 27.4 Å². The molecule has 2 aromatic rings. The van der Waals surface area contributed by atoms with Crippen LogP contribution < -0.4 is 14.4 Å². The highest BCUT2D eigenvalue weighted by Crippen LogP contribution is 2.35. The van der Waals surface area contributed by atoms with Gasteiger partial charge in [-0.1, -0.05) is 37.4 Å². The van der Waals surface area contributed by atoms with Crippen molar-refractivity contribution in [1.82, 2.24) is 5.32 Å². The molecule has 0 fully saturated rings. The number of nitro groups is 1. The van der Waals surface area contributed by atoms with Gasteiger partial charge in [0.1, 0.15) is 12.3 Å². The Morgan fingerprint density at radius 1 is 1.22 bits per heavy atom. The molecule has 0 aliphatic carbocycles. The number of halogens is 1. The molecule has 0 heterocycles. The van der Waals surface area contributed by atoms with E-state index in [1.54, 1.807) is 0 Å². The molecule has 0 aliphatic rings. The number of nitro benzene ring substituents is 1. The molecular formula is C21H26ClN3O6S. The van der Waals surface area contributed by atoms with Crippen LogP contribution in [-0.2, 0) is 14.8 Å². The number of aryl methyl sites for hydroxylation is 1. The number of anilines is 1. The summed E-state index contributed by atoms with van der Waals surface area (Å²) < 4.78 is 33.2. The quantitative estimate of drug-likeness (QED) is 0.292. The second-order valence-corrected chi connectivity index (χ2v) is 9.39. The molecule has 0 atom stereocenters. The predicted octanol–water partition coefficient (Wildman–Crippen LogP) is 4.07. The van der Waals surface area contributed by atoms with Crippen LogP contribution in [0.25, 0.3) is 0 Å². The topological polar surface area (TPSA) is 119 Å². The Morgan fingerprint density at radius 2 is 1.94 bits per heavy atom. The third-order valence-corrected chi connectivity index (χ3v) is 6.76. The van der Waals surface area contributed by atoms with E-state index in [-0.39, 0.29) is 27.0 Å². The van der Waals surface area contributed by atoms with Crippen molar-refractivity contribution in [3.8, 4) is 5.75 Å². The minimum Gasteiger partial charge on any atom is -0.495 e. The Morgan fingerprint density at radius 3 is 2.56 bits per heavy atom. The Balaban J connectivity index is 2.53. The molecule has 0 bridgehead atoms. The molecule has 2 rings (SSSR count). The molecule has 32 heavy (non-hydrogen) atoms. The lowest BCUT2D eigenvalue weighted by Gasteiger charge is -2.26. The first-order valence-electron chi connectivity index (χ1n) is 9.99. The third-order valence-electron chi connectivity index (χ3n) is 4.76. The highest BCUT2D eigenvalue weighted by atomic mass is 35.5. The molecule has 0 saturated heterocycles. The van der Waals surface area contributed by atoms with Gasteiger partial charge >= 0.3 is 0 Å². The van der Waals surface area contributed by atoms with Crippen LogP contribution in [0.15, 0.2) is 41.3 Å². The Labute approximate surface area is 192 Å². The minimum absolute atomic E-state index is 0.0481. The maximum atomic E-state index is 13.5. The smallest absolute Gasteiger partial charge is 0.273 e. The Kier molecular flexibility index (Phi) is 8.85. The first-order chi connectivity index (χ1) is 15.1. The van der Waals surface area contributed by atoms with Gasteiger partial charge in [-0.05, 0) is 37.6 Å². The van der Waals surface area contributed by atoms with Crippen molar-refractivity contribution in [3.05, 3.63) is 57.1 Å². The van der Waals surface area contributed by atoms with Crippen molar-refractivity contribution in [2.45, 2.75) is 38.0 Å². The van der Waals surface area contributed by atoms with Crippen LogP contribution in [0.4, 0.5) is 11.4 Å². The zero-order valence-electron chi connectivity index (χ0n) is 18.1. The predicted molar refractivity (Wildman–Crippen MR) is 123 cm³/mol. The number of rotatable bonds is 11. The summed E-state index contributed by atoms with van der Waals surface area (Å²) >= 11 is 6.09. The van der Waals surface area contributed by atoms with Crippen LogP contribution in [0.2, 0.25) is 5.02 Å². The van der Waals surface area contributed by atoms with Crippen LogP contribution in [0.5, 0.6) is 5.75 Å². The zero-order chi connectivity index (χ0) is 23.9. The molecule has 1 amide bonds. The maximum Gasteiger partial charge on any atom is 0.273 e. The van der Waals surface area contributed by atoms with Gasteiger partial charge in [-0.2, -0.15) is 0 Å². The first kappa shape index (κ1) is 25.4. The van der Waals surface area contributed by atoms with Crippen LogP contribution in [0.3, 0.4) is 0 Å². The summed E-state index contributed by atoms with van der Waals surface area (Å²) in [5, 5.41) is 14.3. The van der Waals surface area contributed by atoms with Gasteiger partial charge in [0.25, 0.3) is 15.7 Å². The van der Waals surface area contributed by atoms with Crippen LogP contribution in [0, 0.1) is 17.0 Å². The number of methoxy groups -OCH3 is 1. The molecule has 2 aromatic carbocycles. The molecule has 174 valence electrons. The van der Waals surface area contributed by atoms with Crippen LogP contribution >= 0.6 is 11.6 Å². The van der Waals surface area contributed by atoms with Crippen molar-refractivity contribution in [2.75, 3.05) is 24.5 Å². The fourth-order valence-electron chi connectivity index (χ4n) is 3.02. The summed E-state index contributed by atoms with van der Waals surface area (Å²) in [4.78, 5) is 22.9. The summed E-state index contributed by atoms with van der Waals surface area (Å²) in [5.74, 6) is -0.341. The lowest BCUT2D eigenvalue weighted by molar-refractivity contribution is -0.385. The average Bonchev–Trinajstić information content (AvgIpc) is 2.75. The zero-order valence-corrected chi connectivity index (χ0v) is 19.7. The molecule has 1 N–H and O–H groups in total. The molecule has 0 spiro atoms. The van der Waals surface area contributed by atoms with Gasteiger partial charge in [-0.25, -0.2) is 8.42 Å². The second kappa shape index (κ2) is 11.1. The van der Waals surface area contributed by atoms with E-state index in [1.807, 2.05) is 6.92 Å². The van der Waals surface area contributed by atoms with Gasteiger partial charge in [0.05, 0.1) is 22.6 Å². The van der Waals surface area contributed by atoms with Gasteiger partial charge in [-0.3, -0.25) is 19.2 Å². The van der Waals surface area contributed by atoms with E-state index in [4.69, 9.17) is 16.3 Å². The fourth-order valence-corrected chi connectivity index (χ4v) is 4.63. The number of carbonyl (C=O) groups is 1. The minimum atomic E-state index is -4.38. The van der Waals surface area contributed by atoms with E-state index in [0.29, 0.717) is 12.1 Å². The molecule has 0 radical (unpaired) electrons. The molecule has 11 heteroatoms. The van der Waals surface area contributed by atoms with E-state index in [9.17, 15) is 23.3 Å². The van der Waals surface area contributed by atoms with Crippen LogP contribution in [-0.4, -0.2) is 39.4 Å². The summed E-state index contributed by atoms with van der Waals surface area (Å²) in [6.45, 7) is 3.40. The van der Waals surface area contributed by atoms with Gasteiger partial charge in [0.2, 0.25) is 5.91 Å². The van der Waals surface area contributed by atoms with E-state index in [1.165, 1.54) is 44.4 Å². The lowest BCUT2D eigenvalue weighted by Crippen LogP contribution is -2.41. The molecule has 9 nitrogen and oxygen atoms in total. The van der Waals surface area contributed by atoms with Gasteiger partial charge in [0.15, 0.2) is 0 Å². The fraction of sp³-hybridized carbons (Fsp3) is 0.381. The van der Waals surface area contributed by atoms with Gasteiger partial charge in [-0.15, -0.1) is 0 Å². The summed E-state index contributed by atoms with van der Waals surface area (Å²) in [6, 6.07) is 7.97. The third kappa shape index (κ3) is 6.10. The summed E-state index contributed by atoms with van der Waals surface area (Å²) in [6.07, 6.45) is 2.67. The summed E-state index contributed by atoms with van der Waals surface area (Å²) in [7, 11) is -3.02. The normalized spacial score (nSPS) is 11.1. The standard InChI is InChI=1S/C21H26ClN3O6S/c1-4-5-6-11-23-21(26)14-24(19-12-16(22)8-10-20(19)31-3)32(29,30)17-9-7-15(2)18(13-17)25(27)28/h7-10,12-13H,4-6,11,14H2,1-3H3,(H,23,26). The number of ether oxygens (including phenoxy) is 1. The largest absolute Gasteiger partial charge is 0.495 e. The molecular weight excluding hydrogens is 458 g/mol. The van der Waals surface area contributed by atoms with Crippen LogP contribution in [0.1, 0.15) is 31.7 Å². The SMILES string of the molecule is CCCCCNC(=O)CN(c1cc(Cl)ccc1OC)S(=O)(=O)c1ccc(C)c([N+](=O)[O-])c1. The van der Waals surface area contributed by atoms with Crippen molar-refractivity contribution < 1.29 is 22.9 Å². The lowest BCUT2D eigenvalue weighted by atomic mass is 10.2. The molecule has 0 aromatic heterocycles. The number of amides is 1. The number of carbonyl (C=O) groups excluding carboxylic acids is 1. The van der Waals surface area contributed by atoms with Crippen molar-refractivity contribution in [3.63, 3.8) is 0 Å². The van der Waals surface area contributed by atoms with Crippen molar-refractivity contribution in [2.24, 2.45) is 0 Å².